The molecule has 0 aliphatic rings. The fourth-order valence-corrected chi connectivity index (χ4v) is 0.931. The van der Waals surface area contributed by atoms with Crippen molar-refractivity contribution in [3.63, 3.8) is 0 Å². The summed E-state index contributed by atoms with van der Waals surface area (Å²) in [4.78, 5) is 0. The third-order valence-corrected chi connectivity index (χ3v) is 1.17. The zero-order valence-electron chi connectivity index (χ0n) is 4.80. The van der Waals surface area contributed by atoms with E-state index in [0.29, 0.717) is 0 Å². The van der Waals surface area contributed by atoms with Crippen molar-refractivity contribution in [2.24, 2.45) is 0 Å². The summed E-state index contributed by atoms with van der Waals surface area (Å²) in [5.41, 5.74) is 0. The molecule has 0 heterocycles. The predicted octanol–water partition coefficient (Wildman–Crippen LogP) is -0.488. The quantitative estimate of drug-likeness (QED) is 0.558. The molecular weight excluding hydrogens is 128 g/mol. The van der Waals surface area contributed by atoms with E-state index in [0.717, 1.165) is 0 Å². The van der Waals surface area contributed by atoms with Crippen LogP contribution in [0, 0.1) is 0 Å². The third-order valence-electron chi connectivity index (χ3n) is 0.391. The van der Waals surface area contributed by atoms with E-state index in [-0.39, 0.29) is 6.04 Å². The molecule has 4 nitrogen and oxygen atoms in total. The van der Waals surface area contributed by atoms with Crippen molar-refractivity contribution in [3.8, 4) is 0 Å². The van der Waals surface area contributed by atoms with Gasteiger partial charge in [0, 0.05) is 6.04 Å². The first-order valence-electron chi connectivity index (χ1n) is 2.18. The molecule has 0 spiro atoms. The average molecular weight is 137 g/mol. The maximum absolute atomic E-state index is 10.00. The standard InChI is InChI=1S/C3H9N2O2S/c1-3(2)5-8(4,6)7/h3-5H,1-2H3. The van der Waals surface area contributed by atoms with Gasteiger partial charge in [0.1, 0.15) is 0 Å². The van der Waals surface area contributed by atoms with Gasteiger partial charge in [-0.1, -0.05) is 0 Å². The minimum absolute atomic E-state index is 0.183. The molecule has 0 aromatic rings. The molecule has 0 aliphatic carbocycles. The van der Waals surface area contributed by atoms with Gasteiger partial charge in [0.15, 0.2) is 0 Å². The Balaban J connectivity index is 3.75. The molecule has 0 amide bonds. The molecule has 1 radical (unpaired) electrons. The monoisotopic (exact) mass is 137 g/mol. The van der Waals surface area contributed by atoms with Gasteiger partial charge in [-0.25, -0.2) is 0 Å². The molecule has 49 valence electrons. The van der Waals surface area contributed by atoms with E-state index in [4.69, 9.17) is 5.14 Å². The highest BCUT2D eigenvalue weighted by Crippen LogP contribution is 1.78. The molecule has 0 aromatic heterocycles. The fraction of sp³-hybridized carbons (Fsp3) is 1.00. The highest BCUT2D eigenvalue weighted by atomic mass is 32.2. The Labute approximate surface area is 49.3 Å². The van der Waals surface area contributed by atoms with Gasteiger partial charge < -0.3 is 0 Å². The maximum Gasteiger partial charge on any atom is 0.290 e. The highest BCUT2D eigenvalue weighted by molar-refractivity contribution is 7.86. The maximum atomic E-state index is 10.00. The minimum atomic E-state index is -3.72. The molecule has 0 unspecified atom stereocenters. The number of rotatable bonds is 2. The Morgan fingerprint density at radius 2 is 1.88 bits per heavy atom. The van der Waals surface area contributed by atoms with Crippen LogP contribution in [0.15, 0.2) is 0 Å². The summed E-state index contributed by atoms with van der Waals surface area (Å²) >= 11 is 0. The van der Waals surface area contributed by atoms with E-state index >= 15 is 0 Å². The Bertz CT molecular complexity index is 149. The third kappa shape index (κ3) is 5.87. The molecule has 2 N–H and O–H groups in total. The van der Waals surface area contributed by atoms with E-state index in [1.807, 2.05) is 4.72 Å². The Morgan fingerprint density at radius 3 is 1.88 bits per heavy atom. The van der Waals surface area contributed by atoms with E-state index in [1.54, 1.807) is 13.8 Å². The molecule has 5 heteroatoms. The van der Waals surface area contributed by atoms with Crippen LogP contribution in [0.1, 0.15) is 13.8 Å². The van der Waals surface area contributed by atoms with Crippen LogP contribution in [-0.4, -0.2) is 14.5 Å². The van der Waals surface area contributed by atoms with E-state index in [9.17, 15) is 8.42 Å². The topological polar surface area (TPSA) is 70.0 Å². The molecule has 0 fully saturated rings. The van der Waals surface area contributed by atoms with Gasteiger partial charge >= 0.3 is 0 Å². The van der Waals surface area contributed by atoms with E-state index in [1.165, 1.54) is 0 Å². The fourth-order valence-electron chi connectivity index (χ4n) is 0.310. The zero-order valence-corrected chi connectivity index (χ0v) is 5.62. The number of nitrogens with one attached hydrogen (secondary N) is 2. The lowest BCUT2D eigenvalue weighted by molar-refractivity contribution is 0.570. The van der Waals surface area contributed by atoms with Gasteiger partial charge in [0.25, 0.3) is 10.2 Å². The number of hydrogen-bond acceptors (Lipinski definition) is 2. The van der Waals surface area contributed by atoms with Crippen LogP contribution in [0.3, 0.4) is 0 Å². The minimum Gasteiger partial charge on any atom is -0.199 e. The highest BCUT2D eigenvalue weighted by Gasteiger charge is 2.02. The van der Waals surface area contributed by atoms with Gasteiger partial charge in [0.2, 0.25) is 0 Å². The van der Waals surface area contributed by atoms with Crippen LogP contribution in [0.2, 0.25) is 0 Å². The van der Waals surface area contributed by atoms with Gasteiger partial charge in [0.05, 0.1) is 0 Å². The Kier molecular flexibility index (Phi) is 2.39. The molecule has 0 aromatic carbocycles. The van der Waals surface area contributed by atoms with Gasteiger partial charge in [-0.3, -0.25) is 0 Å². The molecular formula is C3H9N2O2S. The largest absolute Gasteiger partial charge is 0.290 e. The van der Waals surface area contributed by atoms with Crippen molar-refractivity contribution in [2.45, 2.75) is 19.9 Å². The number of hydrogen-bond donors (Lipinski definition) is 1. The molecule has 0 aliphatic heterocycles. The molecule has 0 rings (SSSR count). The normalized spacial score (nSPS) is 12.5. The summed E-state index contributed by atoms with van der Waals surface area (Å²) in [6.07, 6.45) is 0. The Morgan fingerprint density at radius 1 is 1.50 bits per heavy atom. The van der Waals surface area contributed by atoms with Crippen molar-refractivity contribution in [1.82, 2.24) is 9.86 Å². The average Bonchev–Trinajstić information content (AvgIpc) is 1.21. The van der Waals surface area contributed by atoms with Crippen molar-refractivity contribution < 1.29 is 8.42 Å². The zero-order chi connectivity index (χ0) is 6.78. The first kappa shape index (κ1) is 7.87. The first-order valence-corrected chi connectivity index (χ1v) is 3.67. The summed E-state index contributed by atoms with van der Waals surface area (Å²) < 4.78 is 22.0. The van der Waals surface area contributed by atoms with Crippen LogP contribution in [0.5, 0.6) is 0 Å². The Hall–Kier alpha value is -0.130. The van der Waals surface area contributed by atoms with Crippen molar-refractivity contribution in [1.29, 1.82) is 0 Å². The second kappa shape index (κ2) is 2.43. The summed E-state index contributed by atoms with van der Waals surface area (Å²) in [7, 11) is -3.72. The predicted molar refractivity (Wildman–Crippen MR) is 30.3 cm³/mol. The first-order chi connectivity index (χ1) is 3.42. The summed E-state index contributed by atoms with van der Waals surface area (Å²) in [6.45, 7) is 3.32. The van der Waals surface area contributed by atoms with E-state index in [2.05, 4.69) is 0 Å². The molecule has 0 saturated carbocycles. The van der Waals surface area contributed by atoms with Gasteiger partial charge in [-0.05, 0) is 13.8 Å². The molecule has 0 bridgehead atoms. The van der Waals surface area contributed by atoms with Crippen molar-refractivity contribution in [2.75, 3.05) is 0 Å². The molecule has 0 saturated heterocycles. The summed E-state index contributed by atoms with van der Waals surface area (Å²) in [6, 6.07) is -0.183. The summed E-state index contributed by atoms with van der Waals surface area (Å²) in [5.74, 6) is 0. The smallest absolute Gasteiger partial charge is 0.199 e. The van der Waals surface area contributed by atoms with E-state index < -0.39 is 10.2 Å². The molecule has 0 atom stereocenters. The van der Waals surface area contributed by atoms with Crippen LogP contribution in [0.25, 0.3) is 0 Å². The lowest BCUT2D eigenvalue weighted by Crippen LogP contribution is -2.30. The summed E-state index contributed by atoms with van der Waals surface area (Å²) in [5, 5.41) is 6.32. The molecule has 8 heavy (non-hydrogen) atoms. The van der Waals surface area contributed by atoms with Gasteiger partial charge in [-0.15, -0.1) is 5.14 Å². The van der Waals surface area contributed by atoms with Crippen molar-refractivity contribution in [3.05, 3.63) is 0 Å². The van der Waals surface area contributed by atoms with Crippen LogP contribution in [-0.2, 0) is 10.2 Å². The second-order valence-electron chi connectivity index (χ2n) is 1.78. The lowest BCUT2D eigenvalue weighted by atomic mass is 10.4. The van der Waals surface area contributed by atoms with Gasteiger partial charge in [-0.2, -0.15) is 13.1 Å². The van der Waals surface area contributed by atoms with Crippen molar-refractivity contribution >= 4 is 10.2 Å². The van der Waals surface area contributed by atoms with Crippen LogP contribution in [0.4, 0.5) is 0 Å². The van der Waals surface area contributed by atoms with Crippen LogP contribution < -0.4 is 9.86 Å². The van der Waals surface area contributed by atoms with Crippen LogP contribution >= 0.6 is 0 Å². The lowest BCUT2D eigenvalue weighted by Gasteiger charge is -2.01. The second-order valence-corrected chi connectivity index (χ2v) is 3.02. The SMILES string of the molecule is CC(C)NS([NH])(=O)=O.